The van der Waals surface area contributed by atoms with Crippen molar-refractivity contribution in [2.24, 2.45) is 28.1 Å². The number of phenolic OH excluding ortho intramolecular Hbond substituents is 1. The summed E-state index contributed by atoms with van der Waals surface area (Å²) in [6, 6.07) is 0.234. The van der Waals surface area contributed by atoms with Crippen LogP contribution in [0.25, 0.3) is 0 Å². The Morgan fingerprint density at radius 2 is 2.00 bits per heavy atom. The largest absolute Gasteiger partial charge is 0.507 e. The SMILES string of the molecule is CO/N=C/c1c(C)c(Cl)c(OC)c(C/C=C(C)/C=C/[C@@]2(C)[C@H](C)CCC(N)[C@@H]2C)c1O. The summed E-state index contributed by atoms with van der Waals surface area (Å²) < 4.78 is 5.51. The van der Waals surface area contributed by atoms with E-state index in [2.05, 4.69) is 51.1 Å². The van der Waals surface area contributed by atoms with Crippen molar-refractivity contribution in [3.63, 3.8) is 0 Å². The number of benzene rings is 1. The molecule has 1 aromatic carbocycles. The summed E-state index contributed by atoms with van der Waals surface area (Å²) in [7, 11) is 3.01. The average Bonchev–Trinajstić information content (AvgIpc) is 2.75. The second-order valence-corrected chi connectivity index (χ2v) is 9.29. The number of allylic oxidation sites excluding steroid dienone is 4. The van der Waals surface area contributed by atoms with Crippen molar-refractivity contribution in [3.05, 3.63) is 45.5 Å². The van der Waals surface area contributed by atoms with Crippen LogP contribution in [0.1, 0.15) is 57.2 Å². The van der Waals surface area contributed by atoms with Crippen LogP contribution in [0, 0.1) is 24.2 Å². The maximum atomic E-state index is 10.9. The second-order valence-electron chi connectivity index (χ2n) is 8.91. The van der Waals surface area contributed by atoms with Gasteiger partial charge in [-0.05, 0) is 55.9 Å². The highest BCUT2D eigenvalue weighted by Gasteiger charge is 2.40. The Labute approximate surface area is 191 Å². The Morgan fingerprint density at radius 1 is 1.32 bits per heavy atom. The predicted octanol–water partition coefficient (Wildman–Crippen LogP) is 5.79. The lowest BCUT2D eigenvalue weighted by molar-refractivity contribution is 0.0952. The van der Waals surface area contributed by atoms with E-state index in [9.17, 15) is 5.11 Å². The summed E-state index contributed by atoms with van der Waals surface area (Å²) in [6.45, 7) is 10.7. The molecule has 5 nitrogen and oxygen atoms in total. The summed E-state index contributed by atoms with van der Waals surface area (Å²) >= 11 is 6.51. The summed E-state index contributed by atoms with van der Waals surface area (Å²) in [6.07, 6.45) is 10.7. The van der Waals surface area contributed by atoms with Gasteiger partial charge in [0.2, 0.25) is 0 Å². The van der Waals surface area contributed by atoms with Crippen molar-refractivity contribution < 1.29 is 14.7 Å². The van der Waals surface area contributed by atoms with E-state index >= 15 is 0 Å². The van der Waals surface area contributed by atoms with Crippen molar-refractivity contribution in [1.29, 1.82) is 0 Å². The lowest BCUT2D eigenvalue weighted by Gasteiger charge is -2.46. The van der Waals surface area contributed by atoms with Gasteiger partial charge in [0.15, 0.2) is 0 Å². The van der Waals surface area contributed by atoms with E-state index in [4.69, 9.17) is 26.9 Å². The van der Waals surface area contributed by atoms with Crippen LogP contribution in [0.2, 0.25) is 5.02 Å². The minimum Gasteiger partial charge on any atom is -0.507 e. The molecule has 1 saturated carbocycles. The summed E-state index contributed by atoms with van der Waals surface area (Å²) in [5.74, 6) is 1.57. The van der Waals surface area contributed by atoms with Crippen molar-refractivity contribution in [2.45, 2.75) is 59.9 Å². The van der Waals surface area contributed by atoms with Gasteiger partial charge in [-0.1, -0.05) is 61.3 Å². The molecule has 1 aromatic rings. The summed E-state index contributed by atoms with van der Waals surface area (Å²) in [5, 5.41) is 15.1. The van der Waals surface area contributed by atoms with Crippen LogP contribution < -0.4 is 10.5 Å². The highest BCUT2D eigenvalue weighted by Crippen LogP contribution is 2.46. The van der Waals surface area contributed by atoms with Crippen LogP contribution in [0.5, 0.6) is 11.5 Å². The van der Waals surface area contributed by atoms with Gasteiger partial charge in [0, 0.05) is 17.2 Å². The van der Waals surface area contributed by atoms with E-state index in [1.165, 1.54) is 13.3 Å². The van der Waals surface area contributed by atoms with Gasteiger partial charge >= 0.3 is 0 Å². The highest BCUT2D eigenvalue weighted by molar-refractivity contribution is 6.33. The smallest absolute Gasteiger partial charge is 0.144 e. The Balaban J connectivity index is 2.35. The van der Waals surface area contributed by atoms with Crippen molar-refractivity contribution >= 4 is 17.8 Å². The van der Waals surface area contributed by atoms with Crippen LogP contribution in [-0.4, -0.2) is 31.6 Å². The van der Waals surface area contributed by atoms with E-state index in [1.54, 1.807) is 7.11 Å². The molecule has 0 aliphatic heterocycles. The molecule has 2 rings (SSSR count). The number of hydrogen-bond acceptors (Lipinski definition) is 5. The fraction of sp³-hybridized carbons (Fsp3) is 0.560. The molecule has 172 valence electrons. The van der Waals surface area contributed by atoms with Gasteiger partial charge in [0.05, 0.1) is 18.3 Å². The van der Waals surface area contributed by atoms with Gasteiger partial charge in [0.25, 0.3) is 0 Å². The monoisotopic (exact) mass is 448 g/mol. The number of ether oxygens (including phenoxy) is 1. The van der Waals surface area contributed by atoms with Gasteiger partial charge < -0.3 is 20.4 Å². The number of aromatic hydroxyl groups is 1. The number of halogens is 1. The van der Waals surface area contributed by atoms with Gasteiger partial charge in [-0.2, -0.15) is 0 Å². The molecular weight excluding hydrogens is 412 g/mol. The van der Waals surface area contributed by atoms with Crippen LogP contribution in [0.4, 0.5) is 0 Å². The quantitative estimate of drug-likeness (QED) is 0.314. The normalized spacial score (nSPS) is 27.3. The fourth-order valence-corrected chi connectivity index (χ4v) is 4.70. The average molecular weight is 449 g/mol. The third kappa shape index (κ3) is 5.27. The minimum absolute atomic E-state index is 0.0591. The molecule has 31 heavy (non-hydrogen) atoms. The van der Waals surface area contributed by atoms with Crippen molar-refractivity contribution in [1.82, 2.24) is 0 Å². The second kappa shape index (κ2) is 10.6. The first-order valence-corrected chi connectivity index (χ1v) is 11.2. The van der Waals surface area contributed by atoms with Crippen LogP contribution in [0.15, 0.2) is 29.0 Å². The van der Waals surface area contributed by atoms with E-state index in [0.717, 1.165) is 18.4 Å². The third-order valence-electron chi connectivity index (χ3n) is 7.19. The predicted molar refractivity (Wildman–Crippen MR) is 129 cm³/mol. The number of methoxy groups -OCH3 is 1. The molecule has 0 spiro atoms. The first-order valence-electron chi connectivity index (χ1n) is 10.8. The maximum absolute atomic E-state index is 10.9. The van der Waals surface area contributed by atoms with E-state index < -0.39 is 0 Å². The molecule has 1 aliphatic rings. The number of phenols is 1. The third-order valence-corrected chi connectivity index (χ3v) is 7.65. The van der Waals surface area contributed by atoms with Gasteiger partial charge in [-0.25, -0.2) is 0 Å². The molecule has 0 aromatic heterocycles. The maximum Gasteiger partial charge on any atom is 0.144 e. The number of oxime groups is 1. The molecule has 0 radical (unpaired) electrons. The Hall–Kier alpha value is -1.98. The molecule has 3 N–H and O–H groups in total. The van der Waals surface area contributed by atoms with Gasteiger partial charge in [-0.15, -0.1) is 0 Å². The zero-order chi connectivity index (χ0) is 23.3. The Bertz CT molecular complexity index is 878. The summed E-state index contributed by atoms with van der Waals surface area (Å²) in [4.78, 5) is 4.77. The molecule has 1 unspecified atom stereocenters. The number of nitrogens with two attached hydrogens (primary N) is 1. The van der Waals surface area contributed by atoms with E-state index in [0.29, 0.717) is 45.7 Å². The lowest BCUT2D eigenvalue weighted by Crippen LogP contribution is -2.46. The lowest BCUT2D eigenvalue weighted by atomic mass is 9.60. The number of hydrogen-bond donors (Lipinski definition) is 2. The first-order chi connectivity index (χ1) is 14.6. The van der Waals surface area contributed by atoms with Crippen molar-refractivity contribution in [3.8, 4) is 11.5 Å². The summed E-state index contributed by atoms with van der Waals surface area (Å²) in [5.41, 5.74) is 9.35. The fourth-order valence-electron chi connectivity index (χ4n) is 4.41. The van der Waals surface area contributed by atoms with E-state index in [1.807, 2.05) is 6.92 Å². The molecule has 4 atom stereocenters. The van der Waals surface area contributed by atoms with Crippen LogP contribution in [0.3, 0.4) is 0 Å². The minimum atomic E-state index is 0.0591. The van der Waals surface area contributed by atoms with Crippen LogP contribution >= 0.6 is 11.6 Å². The highest BCUT2D eigenvalue weighted by atomic mass is 35.5. The standard InChI is InChI=1S/C25H37ClN2O3/c1-15(12-13-25(5)16(2)9-11-21(27)18(25)4)8-10-19-23(29)20(14-28-31-7)17(3)22(26)24(19)30-6/h8,12-14,16,18,21,29H,9-11,27H2,1-7H3/b13-12+,15-8+,28-14+/t16-,18+,21?,25+/m1/s1. The van der Waals surface area contributed by atoms with Crippen molar-refractivity contribution in [2.75, 3.05) is 14.2 Å². The molecule has 1 aliphatic carbocycles. The molecule has 1 fully saturated rings. The van der Waals surface area contributed by atoms with Gasteiger partial charge in [0.1, 0.15) is 18.6 Å². The molecule has 6 heteroatoms. The first kappa shape index (κ1) is 25.3. The van der Waals surface area contributed by atoms with E-state index in [-0.39, 0.29) is 17.2 Å². The van der Waals surface area contributed by atoms with Crippen LogP contribution in [-0.2, 0) is 11.3 Å². The molecule has 0 bridgehead atoms. The molecule has 0 heterocycles. The Morgan fingerprint density at radius 3 is 2.61 bits per heavy atom. The number of rotatable bonds is 7. The zero-order valence-corrected chi connectivity index (χ0v) is 20.6. The molecule has 0 amide bonds. The van der Waals surface area contributed by atoms with Gasteiger partial charge in [-0.3, -0.25) is 0 Å². The topological polar surface area (TPSA) is 77.1 Å². The zero-order valence-electron chi connectivity index (χ0n) is 19.8. The Kier molecular flexibility index (Phi) is 8.61. The molecular formula is C25H37ClN2O3. The number of nitrogens with zero attached hydrogens (tertiary/aromatic N) is 1. The molecule has 0 saturated heterocycles.